The molecule has 3 aromatic rings. The lowest BCUT2D eigenvalue weighted by atomic mass is 10.1. The minimum atomic E-state index is 0.760. The fourth-order valence-electron chi connectivity index (χ4n) is 4.50. The van der Waals surface area contributed by atoms with Gasteiger partial charge in [-0.3, -0.25) is 4.90 Å². The maximum Gasteiger partial charge on any atom is 0.168 e. The van der Waals surface area contributed by atoms with Gasteiger partial charge in [-0.1, -0.05) is 23.9 Å². The summed E-state index contributed by atoms with van der Waals surface area (Å²) < 4.78 is 13.7. The second-order valence-corrected chi connectivity index (χ2v) is 9.59. The summed E-state index contributed by atoms with van der Waals surface area (Å²) in [6.07, 6.45) is 4.38. The van der Waals surface area contributed by atoms with E-state index < -0.39 is 0 Å². The van der Waals surface area contributed by atoms with Gasteiger partial charge in [0, 0.05) is 50.2 Å². The molecule has 0 saturated carbocycles. The molecule has 174 valence electrons. The number of benzene rings is 2. The van der Waals surface area contributed by atoms with Gasteiger partial charge in [0.2, 0.25) is 0 Å². The number of aryl methyl sites for hydroxylation is 1. The maximum absolute atomic E-state index is 5.98. The number of rotatable bonds is 9. The fraction of sp³-hybridized carbons (Fsp3) is 0.423. The quantitative estimate of drug-likeness (QED) is 0.430. The van der Waals surface area contributed by atoms with E-state index in [0.717, 1.165) is 92.4 Å². The Bertz CT molecular complexity index is 1020. The Balaban J connectivity index is 1.00. The molecule has 0 atom stereocenters. The number of para-hydroxylation sites is 2. The van der Waals surface area contributed by atoms with Gasteiger partial charge < -0.3 is 18.9 Å². The number of hydrogen-bond acceptors (Lipinski definition) is 6. The number of imidazole rings is 1. The fourth-order valence-corrected chi connectivity index (χ4v) is 5.44. The van der Waals surface area contributed by atoms with Crippen LogP contribution in [0.5, 0.6) is 11.5 Å². The highest BCUT2D eigenvalue weighted by molar-refractivity contribution is 7.99. The number of anilines is 1. The third kappa shape index (κ3) is 5.31. The van der Waals surface area contributed by atoms with E-state index in [1.165, 1.54) is 5.69 Å². The molecule has 0 radical (unpaired) electrons. The topological polar surface area (TPSA) is 42.8 Å². The third-order valence-corrected chi connectivity index (χ3v) is 7.36. The zero-order valence-corrected chi connectivity index (χ0v) is 20.1. The van der Waals surface area contributed by atoms with Crippen LogP contribution in [0, 0.1) is 0 Å². The summed E-state index contributed by atoms with van der Waals surface area (Å²) in [5, 5.41) is 1.13. The molecule has 2 aliphatic rings. The van der Waals surface area contributed by atoms with Gasteiger partial charge in [0.1, 0.15) is 11.5 Å². The van der Waals surface area contributed by atoms with E-state index in [-0.39, 0.29) is 0 Å². The van der Waals surface area contributed by atoms with Gasteiger partial charge in [-0.15, -0.1) is 0 Å². The van der Waals surface area contributed by atoms with Crippen molar-refractivity contribution in [3.05, 3.63) is 54.7 Å². The maximum atomic E-state index is 5.98. The van der Waals surface area contributed by atoms with Crippen molar-refractivity contribution in [2.75, 3.05) is 57.1 Å². The number of unbranched alkanes of at least 4 members (excludes halogenated alkanes) is 1. The number of aromatic nitrogens is 2. The summed E-state index contributed by atoms with van der Waals surface area (Å²) in [5.41, 5.74) is 3.40. The molecule has 6 nitrogen and oxygen atoms in total. The van der Waals surface area contributed by atoms with Gasteiger partial charge in [0.25, 0.3) is 0 Å². The first-order valence-corrected chi connectivity index (χ1v) is 12.8. The molecule has 33 heavy (non-hydrogen) atoms. The molecule has 0 unspecified atom stereocenters. The minimum Gasteiger partial charge on any atom is -0.495 e. The summed E-state index contributed by atoms with van der Waals surface area (Å²) in [7, 11) is 1.75. The zero-order valence-electron chi connectivity index (χ0n) is 19.3. The average molecular weight is 465 g/mol. The molecule has 0 amide bonds. The summed E-state index contributed by atoms with van der Waals surface area (Å²) in [6, 6.07) is 16.6. The summed E-state index contributed by atoms with van der Waals surface area (Å²) in [5.74, 6) is 3.03. The average Bonchev–Trinajstić information content (AvgIpc) is 3.47. The lowest BCUT2D eigenvalue weighted by Gasteiger charge is -2.36. The van der Waals surface area contributed by atoms with Crippen LogP contribution in [0.4, 0.5) is 5.69 Å². The van der Waals surface area contributed by atoms with E-state index in [1.807, 2.05) is 23.9 Å². The van der Waals surface area contributed by atoms with Crippen molar-refractivity contribution in [2.45, 2.75) is 24.5 Å². The molecule has 2 aromatic carbocycles. The van der Waals surface area contributed by atoms with E-state index in [0.29, 0.717) is 0 Å². The Morgan fingerprint density at radius 2 is 1.76 bits per heavy atom. The standard InChI is InChI=1S/C26H32N4O2S/c1-31-25-7-3-2-6-24(25)29-15-13-28(14-16-29)12-4-5-18-32-22-10-8-21(9-11-22)23-20-30-17-19-33-26(30)27-23/h2-3,6-11,20H,4-5,12-19H2,1H3. The predicted molar refractivity (Wildman–Crippen MR) is 135 cm³/mol. The van der Waals surface area contributed by atoms with Crippen LogP contribution in [-0.2, 0) is 6.54 Å². The third-order valence-electron chi connectivity index (χ3n) is 6.39. The molecule has 5 rings (SSSR count). The molecular formula is C26H32N4O2S. The van der Waals surface area contributed by atoms with Crippen molar-refractivity contribution < 1.29 is 9.47 Å². The van der Waals surface area contributed by atoms with Crippen molar-refractivity contribution >= 4 is 17.4 Å². The van der Waals surface area contributed by atoms with E-state index in [4.69, 9.17) is 14.5 Å². The smallest absolute Gasteiger partial charge is 0.168 e. The molecule has 0 spiro atoms. The van der Waals surface area contributed by atoms with E-state index in [1.54, 1.807) is 7.11 Å². The highest BCUT2D eigenvalue weighted by Crippen LogP contribution is 2.30. The van der Waals surface area contributed by atoms with Crippen LogP contribution in [0.3, 0.4) is 0 Å². The van der Waals surface area contributed by atoms with Crippen LogP contribution in [0.1, 0.15) is 12.8 Å². The highest BCUT2D eigenvalue weighted by Gasteiger charge is 2.19. The first-order chi connectivity index (χ1) is 16.3. The van der Waals surface area contributed by atoms with Crippen LogP contribution in [-0.4, -0.2) is 66.6 Å². The van der Waals surface area contributed by atoms with E-state index >= 15 is 0 Å². The molecular weight excluding hydrogens is 432 g/mol. The largest absolute Gasteiger partial charge is 0.495 e. The number of hydrogen-bond donors (Lipinski definition) is 0. The Morgan fingerprint density at radius 3 is 2.55 bits per heavy atom. The first kappa shape index (κ1) is 22.2. The lowest BCUT2D eigenvalue weighted by molar-refractivity contribution is 0.238. The van der Waals surface area contributed by atoms with Crippen molar-refractivity contribution in [3.8, 4) is 22.8 Å². The molecule has 0 aliphatic carbocycles. The van der Waals surface area contributed by atoms with E-state index in [2.05, 4.69) is 57.0 Å². The zero-order chi connectivity index (χ0) is 22.5. The molecule has 0 N–H and O–H groups in total. The van der Waals surface area contributed by atoms with Crippen molar-refractivity contribution in [3.63, 3.8) is 0 Å². The Labute approximate surface area is 200 Å². The number of fused-ring (bicyclic) bond motifs is 1. The van der Waals surface area contributed by atoms with Gasteiger partial charge in [0.15, 0.2) is 5.16 Å². The number of piperazine rings is 1. The van der Waals surface area contributed by atoms with Crippen LogP contribution in [0.25, 0.3) is 11.3 Å². The molecule has 7 heteroatoms. The van der Waals surface area contributed by atoms with Crippen molar-refractivity contribution in [1.29, 1.82) is 0 Å². The van der Waals surface area contributed by atoms with Crippen LogP contribution in [0.15, 0.2) is 59.9 Å². The Hall–Kier alpha value is -2.64. The molecule has 1 saturated heterocycles. The molecule has 1 aromatic heterocycles. The van der Waals surface area contributed by atoms with Crippen LogP contribution < -0.4 is 14.4 Å². The van der Waals surface area contributed by atoms with Crippen LogP contribution in [0.2, 0.25) is 0 Å². The SMILES string of the molecule is COc1ccccc1N1CCN(CCCCOc2ccc(-c3cn4c(n3)SCC4)cc2)CC1. The van der Waals surface area contributed by atoms with Gasteiger partial charge in [-0.2, -0.15) is 0 Å². The normalized spacial score (nSPS) is 16.1. The predicted octanol–water partition coefficient (Wildman–Crippen LogP) is 4.65. The van der Waals surface area contributed by atoms with Crippen molar-refractivity contribution in [1.82, 2.24) is 14.5 Å². The van der Waals surface area contributed by atoms with E-state index in [9.17, 15) is 0 Å². The first-order valence-electron chi connectivity index (χ1n) is 11.8. The van der Waals surface area contributed by atoms with Gasteiger partial charge in [-0.05, 0) is 55.8 Å². The highest BCUT2D eigenvalue weighted by atomic mass is 32.2. The van der Waals surface area contributed by atoms with Crippen LogP contribution >= 0.6 is 11.8 Å². The second kappa shape index (κ2) is 10.5. The Kier molecular flexibility index (Phi) is 7.07. The number of nitrogens with zero attached hydrogens (tertiary/aromatic N) is 4. The van der Waals surface area contributed by atoms with Crippen molar-refractivity contribution in [2.24, 2.45) is 0 Å². The molecule has 3 heterocycles. The minimum absolute atomic E-state index is 0.760. The molecule has 1 fully saturated rings. The summed E-state index contributed by atoms with van der Waals surface area (Å²) in [4.78, 5) is 9.71. The number of ether oxygens (including phenoxy) is 2. The lowest BCUT2D eigenvalue weighted by Crippen LogP contribution is -2.46. The van der Waals surface area contributed by atoms with Gasteiger partial charge in [0.05, 0.1) is 25.1 Å². The number of methoxy groups -OCH3 is 1. The Morgan fingerprint density at radius 1 is 0.939 bits per heavy atom. The molecule has 2 aliphatic heterocycles. The summed E-state index contributed by atoms with van der Waals surface area (Å²) in [6.45, 7) is 7.22. The second-order valence-electron chi connectivity index (χ2n) is 8.53. The monoisotopic (exact) mass is 464 g/mol. The van der Waals surface area contributed by atoms with Gasteiger partial charge in [-0.25, -0.2) is 4.98 Å². The number of thioether (sulfide) groups is 1. The molecule has 0 bridgehead atoms. The van der Waals surface area contributed by atoms with Gasteiger partial charge >= 0.3 is 0 Å². The summed E-state index contributed by atoms with van der Waals surface area (Å²) >= 11 is 1.83.